The molecule has 0 bridgehead atoms. The minimum Gasteiger partial charge on any atom is -0.497 e. The van der Waals surface area contributed by atoms with Crippen LogP contribution in [0, 0.1) is 4.91 Å². The maximum absolute atomic E-state index is 11.1. The number of ether oxygens (including phenoxy) is 1. The summed E-state index contributed by atoms with van der Waals surface area (Å²) in [6, 6.07) is 30.8. The van der Waals surface area contributed by atoms with Crippen LogP contribution in [-0.2, 0) is 0 Å². The number of nitroso groups, excluding NO2 is 1. The molecule has 7 heteroatoms. The number of fused-ring (bicyclic) bond motifs is 3. The first-order valence-electron chi connectivity index (χ1n) is 13.4. The molecule has 0 amide bonds. The summed E-state index contributed by atoms with van der Waals surface area (Å²) in [6.07, 6.45) is 3.45. The van der Waals surface area contributed by atoms with Crippen molar-refractivity contribution in [3.8, 4) is 39.4 Å². The van der Waals surface area contributed by atoms with Gasteiger partial charge in [-0.05, 0) is 67.1 Å². The molecule has 0 saturated heterocycles. The molecule has 0 atom stereocenters. The van der Waals surface area contributed by atoms with Gasteiger partial charge in [-0.3, -0.25) is 0 Å². The van der Waals surface area contributed by atoms with E-state index in [0.29, 0.717) is 5.92 Å². The number of hydrogen-bond donors (Lipinski definition) is 0. The topological polar surface area (TPSA) is 81.7 Å². The van der Waals surface area contributed by atoms with Crippen LogP contribution in [0.3, 0.4) is 0 Å². The molecular weight excluding hydrogens is 498 g/mol. The van der Waals surface area contributed by atoms with Crippen molar-refractivity contribution in [1.29, 1.82) is 0 Å². The van der Waals surface area contributed by atoms with Crippen molar-refractivity contribution in [2.45, 2.75) is 31.2 Å². The monoisotopic (exact) mass is 525 g/mol. The Kier molecular flexibility index (Phi) is 5.66. The van der Waals surface area contributed by atoms with E-state index >= 15 is 0 Å². The van der Waals surface area contributed by atoms with Gasteiger partial charge in [-0.15, -0.1) is 0 Å². The van der Waals surface area contributed by atoms with Gasteiger partial charge in [0.15, 0.2) is 11.3 Å². The summed E-state index contributed by atoms with van der Waals surface area (Å²) in [5.41, 5.74) is 8.10. The molecule has 6 aromatic rings. The highest BCUT2D eigenvalue weighted by atomic mass is 16.5. The van der Waals surface area contributed by atoms with Crippen LogP contribution < -0.4 is 4.74 Å². The van der Waals surface area contributed by atoms with Crippen LogP contribution in [0.2, 0.25) is 0 Å². The van der Waals surface area contributed by atoms with E-state index in [2.05, 4.69) is 47.6 Å². The summed E-state index contributed by atoms with van der Waals surface area (Å²) in [6.45, 7) is 1.93. The fourth-order valence-corrected chi connectivity index (χ4v) is 5.72. The van der Waals surface area contributed by atoms with Crippen LogP contribution in [0.1, 0.15) is 31.2 Å². The van der Waals surface area contributed by atoms with Gasteiger partial charge in [-0.2, -0.15) is 14.5 Å². The minimum absolute atomic E-state index is 0.362. The lowest BCUT2D eigenvalue weighted by Crippen LogP contribution is -2.37. The molecule has 1 fully saturated rings. The Morgan fingerprint density at radius 2 is 1.62 bits per heavy atom. The van der Waals surface area contributed by atoms with E-state index < -0.39 is 5.54 Å². The van der Waals surface area contributed by atoms with Gasteiger partial charge >= 0.3 is 0 Å². The summed E-state index contributed by atoms with van der Waals surface area (Å²) >= 11 is 0. The maximum Gasteiger partial charge on any atom is 0.165 e. The van der Waals surface area contributed by atoms with Crippen molar-refractivity contribution in [2.24, 2.45) is 5.18 Å². The molecule has 3 aromatic heterocycles. The minimum atomic E-state index is -0.433. The molecule has 0 N–H and O–H groups in total. The molecule has 40 heavy (non-hydrogen) atoms. The fraction of sp³-hybridized carbons (Fsp3) is 0.182. The highest BCUT2D eigenvalue weighted by Gasteiger charge is 2.42. The average Bonchev–Trinajstić information content (AvgIpc) is 3.44. The number of pyridine rings is 1. The quantitative estimate of drug-likeness (QED) is 0.208. The van der Waals surface area contributed by atoms with Gasteiger partial charge in [-0.1, -0.05) is 59.8 Å². The molecule has 196 valence electrons. The predicted octanol–water partition coefficient (Wildman–Crippen LogP) is 7.69. The van der Waals surface area contributed by atoms with Crippen molar-refractivity contribution < 1.29 is 4.74 Å². The third-order valence-electron chi connectivity index (χ3n) is 7.98. The lowest BCUT2D eigenvalue weighted by Gasteiger charge is -2.39. The summed E-state index contributed by atoms with van der Waals surface area (Å²) in [5.74, 6) is 1.16. The van der Waals surface area contributed by atoms with Crippen molar-refractivity contribution in [1.82, 2.24) is 19.6 Å². The number of aromatic nitrogens is 4. The van der Waals surface area contributed by atoms with Crippen molar-refractivity contribution in [3.63, 3.8) is 0 Å². The SMILES string of the molecule is COc1ccc(-c2cc3ncc4cc(-c5ccccc5)c(-c5ccc(C6CC(C)(N=O)C6)cc5)nc4n3n2)cc1. The van der Waals surface area contributed by atoms with Gasteiger partial charge in [0, 0.05) is 34.3 Å². The molecule has 0 spiro atoms. The van der Waals surface area contributed by atoms with Crippen LogP contribution in [-0.4, -0.2) is 32.2 Å². The van der Waals surface area contributed by atoms with E-state index in [9.17, 15) is 4.91 Å². The molecule has 7 nitrogen and oxygen atoms in total. The zero-order valence-electron chi connectivity index (χ0n) is 22.3. The van der Waals surface area contributed by atoms with Crippen molar-refractivity contribution in [3.05, 3.63) is 108 Å². The van der Waals surface area contributed by atoms with Gasteiger partial charge in [0.2, 0.25) is 0 Å². The second-order valence-electron chi connectivity index (χ2n) is 10.8. The molecule has 0 unspecified atom stereocenters. The van der Waals surface area contributed by atoms with Gasteiger partial charge in [0.1, 0.15) is 11.3 Å². The second-order valence-corrected chi connectivity index (χ2v) is 10.8. The fourth-order valence-electron chi connectivity index (χ4n) is 5.72. The third kappa shape index (κ3) is 4.11. The smallest absolute Gasteiger partial charge is 0.165 e. The summed E-state index contributed by atoms with van der Waals surface area (Å²) in [4.78, 5) is 21.0. The lowest BCUT2D eigenvalue weighted by atomic mass is 9.67. The van der Waals surface area contributed by atoms with E-state index in [-0.39, 0.29) is 0 Å². The van der Waals surface area contributed by atoms with Gasteiger partial charge in [0.05, 0.1) is 18.5 Å². The zero-order chi connectivity index (χ0) is 27.3. The second kappa shape index (κ2) is 9.38. The third-order valence-corrected chi connectivity index (χ3v) is 7.98. The highest BCUT2D eigenvalue weighted by Crippen LogP contribution is 2.47. The number of rotatable bonds is 6. The van der Waals surface area contributed by atoms with Crippen LogP contribution in [0.4, 0.5) is 0 Å². The van der Waals surface area contributed by atoms with Crippen LogP contribution in [0.5, 0.6) is 5.75 Å². The average molecular weight is 526 g/mol. The van der Waals surface area contributed by atoms with Crippen molar-refractivity contribution in [2.75, 3.05) is 7.11 Å². The molecule has 7 rings (SSSR count). The Hall–Kier alpha value is -4.91. The zero-order valence-corrected chi connectivity index (χ0v) is 22.3. The van der Waals surface area contributed by atoms with E-state index in [4.69, 9.17) is 19.8 Å². The Morgan fingerprint density at radius 1 is 0.900 bits per heavy atom. The lowest BCUT2D eigenvalue weighted by molar-refractivity contribution is 0.231. The Morgan fingerprint density at radius 3 is 2.33 bits per heavy atom. The normalized spacial score (nSPS) is 18.5. The molecule has 1 aliphatic rings. The molecule has 3 aromatic carbocycles. The molecule has 0 radical (unpaired) electrons. The number of methoxy groups -OCH3 is 1. The number of hydrogen-bond acceptors (Lipinski definition) is 6. The first-order valence-corrected chi connectivity index (χ1v) is 13.4. The van der Waals surface area contributed by atoms with Crippen LogP contribution in [0.15, 0.2) is 102 Å². The summed E-state index contributed by atoms with van der Waals surface area (Å²) in [7, 11) is 1.66. The van der Waals surface area contributed by atoms with Crippen LogP contribution in [0.25, 0.3) is 50.3 Å². The van der Waals surface area contributed by atoms with Crippen molar-refractivity contribution >= 4 is 16.7 Å². The number of benzene rings is 3. The highest BCUT2D eigenvalue weighted by molar-refractivity contribution is 5.91. The van der Waals surface area contributed by atoms with E-state index in [0.717, 1.165) is 68.9 Å². The van der Waals surface area contributed by atoms with Gasteiger partial charge in [0.25, 0.3) is 0 Å². The van der Waals surface area contributed by atoms with E-state index in [1.54, 1.807) is 7.11 Å². The Labute approximate surface area is 231 Å². The molecule has 1 saturated carbocycles. The molecule has 3 heterocycles. The predicted molar refractivity (Wildman–Crippen MR) is 157 cm³/mol. The Bertz CT molecular complexity index is 1860. The molecular formula is C33H27N5O2. The maximum atomic E-state index is 11.1. The van der Waals surface area contributed by atoms with Gasteiger partial charge in [-0.25, -0.2) is 9.97 Å². The molecule has 0 aliphatic heterocycles. The standard InChI is InChI=1S/C33H27N5O2/c1-33(37-39)18-26(19-33)21-8-10-24(11-9-21)31-28(22-6-4-3-5-7-22)16-25-20-34-30-17-29(36-38(30)32(25)35-31)23-12-14-27(40-2)15-13-23/h3-17,20,26H,18-19H2,1-2H3. The van der Waals surface area contributed by atoms with E-state index in [1.165, 1.54) is 5.56 Å². The largest absolute Gasteiger partial charge is 0.497 e. The first kappa shape index (κ1) is 24.2. The summed E-state index contributed by atoms with van der Waals surface area (Å²) < 4.78 is 7.13. The summed E-state index contributed by atoms with van der Waals surface area (Å²) in [5, 5.41) is 9.12. The molecule has 1 aliphatic carbocycles. The first-order chi connectivity index (χ1) is 19.5. The van der Waals surface area contributed by atoms with Crippen LogP contribution >= 0.6 is 0 Å². The Balaban J connectivity index is 1.35. The van der Waals surface area contributed by atoms with Gasteiger partial charge < -0.3 is 4.74 Å². The van der Waals surface area contributed by atoms with E-state index in [1.807, 2.05) is 66.2 Å². The number of nitrogens with zero attached hydrogens (tertiary/aromatic N) is 5.